The molecule has 1 aromatic carbocycles. The molecule has 0 fully saturated rings. The standard InChI is InChI=1S/C24H27N3O6/c1-6-12-27-22(29)17-11-9-8-10-16(17)20(26-27)24(31)33-15(5)21(28)19-13(3)18(14(4)25-19)23(30)32-7-2/h8-11,15,25H,6-7,12H2,1-5H3. The topological polar surface area (TPSA) is 120 Å². The summed E-state index contributed by atoms with van der Waals surface area (Å²) in [7, 11) is 0. The van der Waals surface area contributed by atoms with Gasteiger partial charge in [0.05, 0.1) is 23.3 Å². The lowest BCUT2D eigenvalue weighted by molar-refractivity contribution is 0.0310. The maximum absolute atomic E-state index is 13.0. The normalized spacial score (nSPS) is 11.9. The van der Waals surface area contributed by atoms with Crippen molar-refractivity contribution in [2.24, 2.45) is 0 Å². The molecule has 0 bridgehead atoms. The first kappa shape index (κ1) is 23.9. The number of H-pyrrole nitrogens is 1. The van der Waals surface area contributed by atoms with Crippen LogP contribution in [0, 0.1) is 13.8 Å². The van der Waals surface area contributed by atoms with Crippen LogP contribution in [0.5, 0.6) is 0 Å². The summed E-state index contributed by atoms with van der Waals surface area (Å²) in [5.41, 5.74) is 1.05. The van der Waals surface area contributed by atoms with E-state index in [4.69, 9.17) is 9.47 Å². The van der Waals surface area contributed by atoms with Gasteiger partial charge < -0.3 is 14.5 Å². The fourth-order valence-electron chi connectivity index (χ4n) is 3.73. The number of nitrogens with zero attached hydrogens (tertiary/aromatic N) is 2. The Kier molecular flexibility index (Phi) is 7.10. The lowest BCUT2D eigenvalue weighted by Gasteiger charge is -2.14. The fraction of sp³-hybridized carbons (Fsp3) is 0.375. The first-order valence-corrected chi connectivity index (χ1v) is 10.8. The van der Waals surface area contributed by atoms with Gasteiger partial charge in [0.15, 0.2) is 11.8 Å². The Morgan fingerprint density at radius 3 is 2.39 bits per heavy atom. The second kappa shape index (κ2) is 9.81. The number of carbonyl (C=O) groups is 3. The van der Waals surface area contributed by atoms with E-state index in [-0.39, 0.29) is 29.1 Å². The number of esters is 2. The van der Waals surface area contributed by atoms with Crippen LogP contribution in [0.1, 0.15) is 69.8 Å². The molecule has 0 radical (unpaired) electrons. The average Bonchev–Trinajstić information content (AvgIpc) is 3.09. The highest BCUT2D eigenvalue weighted by Crippen LogP contribution is 2.22. The van der Waals surface area contributed by atoms with Crippen molar-refractivity contribution < 1.29 is 23.9 Å². The second-order valence-electron chi connectivity index (χ2n) is 7.68. The van der Waals surface area contributed by atoms with Crippen molar-refractivity contribution in [1.82, 2.24) is 14.8 Å². The molecule has 0 amide bonds. The maximum Gasteiger partial charge on any atom is 0.360 e. The molecule has 2 aromatic heterocycles. The van der Waals surface area contributed by atoms with Crippen LogP contribution in [-0.4, -0.2) is 45.2 Å². The van der Waals surface area contributed by atoms with Crippen molar-refractivity contribution in [3.8, 4) is 0 Å². The summed E-state index contributed by atoms with van der Waals surface area (Å²) in [6.07, 6.45) is -0.500. The van der Waals surface area contributed by atoms with Gasteiger partial charge in [-0.3, -0.25) is 9.59 Å². The van der Waals surface area contributed by atoms with Gasteiger partial charge in [0, 0.05) is 17.6 Å². The van der Waals surface area contributed by atoms with Crippen LogP contribution in [0.4, 0.5) is 0 Å². The zero-order valence-corrected chi connectivity index (χ0v) is 19.4. The second-order valence-corrected chi connectivity index (χ2v) is 7.68. The third-order valence-electron chi connectivity index (χ3n) is 5.31. The van der Waals surface area contributed by atoms with E-state index in [1.807, 2.05) is 6.92 Å². The van der Waals surface area contributed by atoms with E-state index >= 15 is 0 Å². The van der Waals surface area contributed by atoms with Crippen molar-refractivity contribution in [3.05, 3.63) is 62.8 Å². The van der Waals surface area contributed by atoms with E-state index in [9.17, 15) is 19.2 Å². The van der Waals surface area contributed by atoms with Gasteiger partial charge in [-0.1, -0.05) is 25.1 Å². The monoisotopic (exact) mass is 453 g/mol. The summed E-state index contributed by atoms with van der Waals surface area (Å²) < 4.78 is 11.7. The highest BCUT2D eigenvalue weighted by atomic mass is 16.5. The van der Waals surface area contributed by atoms with Gasteiger partial charge in [-0.2, -0.15) is 5.10 Å². The number of aryl methyl sites for hydroxylation is 2. The van der Waals surface area contributed by atoms with Gasteiger partial charge in [-0.15, -0.1) is 0 Å². The number of hydrogen-bond donors (Lipinski definition) is 1. The van der Waals surface area contributed by atoms with E-state index < -0.39 is 23.8 Å². The summed E-state index contributed by atoms with van der Waals surface area (Å²) in [5, 5.41) is 4.91. The number of benzene rings is 1. The number of fused-ring (bicyclic) bond motifs is 1. The third-order valence-corrected chi connectivity index (χ3v) is 5.31. The Bertz CT molecular complexity index is 1290. The fourth-order valence-corrected chi connectivity index (χ4v) is 3.73. The SMILES string of the molecule is CCCn1nc(C(=O)OC(C)C(=O)c2[nH]c(C)c(C(=O)OCC)c2C)c2ccccc2c1=O. The predicted octanol–water partition coefficient (Wildman–Crippen LogP) is 3.36. The van der Waals surface area contributed by atoms with Crippen LogP contribution in [-0.2, 0) is 16.0 Å². The van der Waals surface area contributed by atoms with Crippen LogP contribution in [0.15, 0.2) is 29.1 Å². The summed E-state index contributed by atoms with van der Waals surface area (Å²) in [4.78, 5) is 53.8. The molecule has 9 nitrogen and oxygen atoms in total. The smallest absolute Gasteiger partial charge is 0.360 e. The van der Waals surface area contributed by atoms with Crippen LogP contribution in [0.25, 0.3) is 10.8 Å². The Morgan fingerprint density at radius 2 is 1.76 bits per heavy atom. The molecule has 3 aromatic rings. The van der Waals surface area contributed by atoms with Gasteiger partial charge in [-0.05, 0) is 45.7 Å². The van der Waals surface area contributed by atoms with Gasteiger partial charge in [-0.25, -0.2) is 14.3 Å². The van der Waals surface area contributed by atoms with Gasteiger partial charge in [0.2, 0.25) is 5.78 Å². The molecular weight excluding hydrogens is 426 g/mol. The maximum atomic E-state index is 13.0. The number of rotatable bonds is 8. The van der Waals surface area contributed by atoms with Crippen molar-refractivity contribution in [2.75, 3.05) is 6.61 Å². The molecular formula is C24H27N3O6. The van der Waals surface area contributed by atoms with Crippen molar-refractivity contribution in [3.63, 3.8) is 0 Å². The number of nitrogens with one attached hydrogen (secondary N) is 1. The zero-order valence-electron chi connectivity index (χ0n) is 19.4. The molecule has 1 atom stereocenters. The highest BCUT2D eigenvalue weighted by Gasteiger charge is 2.29. The number of ether oxygens (including phenoxy) is 2. The Balaban J connectivity index is 1.92. The van der Waals surface area contributed by atoms with Gasteiger partial charge >= 0.3 is 11.9 Å². The zero-order chi connectivity index (χ0) is 24.3. The van der Waals surface area contributed by atoms with E-state index in [1.54, 1.807) is 45.0 Å². The molecule has 0 spiro atoms. The first-order valence-electron chi connectivity index (χ1n) is 10.8. The summed E-state index contributed by atoms with van der Waals surface area (Å²) in [6.45, 7) is 8.89. The highest BCUT2D eigenvalue weighted by molar-refractivity contribution is 6.06. The summed E-state index contributed by atoms with van der Waals surface area (Å²) in [6, 6.07) is 6.64. The van der Waals surface area contributed by atoms with Crippen molar-refractivity contribution in [1.29, 1.82) is 0 Å². The lowest BCUT2D eigenvalue weighted by Crippen LogP contribution is -2.29. The molecule has 33 heavy (non-hydrogen) atoms. The molecule has 0 aliphatic rings. The lowest BCUT2D eigenvalue weighted by atomic mass is 10.1. The number of hydrogen-bond acceptors (Lipinski definition) is 7. The molecule has 9 heteroatoms. The van der Waals surface area contributed by atoms with Crippen molar-refractivity contribution >= 4 is 28.5 Å². The number of carbonyl (C=O) groups excluding carboxylic acids is 3. The van der Waals surface area contributed by atoms with E-state index in [0.29, 0.717) is 35.0 Å². The summed E-state index contributed by atoms with van der Waals surface area (Å²) >= 11 is 0. The van der Waals surface area contributed by atoms with Crippen molar-refractivity contribution in [2.45, 2.75) is 53.7 Å². The molecule has 2 heterocycles. The van der Waals surface area contributed by atoms with Crippen LogP contribution >= 0.6 is 0 Å². The van der Waals surface area contributed by atoms with E-state index in [2.05, 4.69) is 10.1 Å². The molecule has 0 aliphatic carbocycles. The molecule has 1 unspecified atom stereocenters. The van der Waals surface area contributed by atoms with E-state index in [1.165, 1.54) is 11.6 Å². The minimum atomic E-state index is -1.16. The van der Waals surface area contributed by atoms with Crippen LogP contribution < -0.4 is 5.56 Å². The molecule has 0 saturated heterocycles. The van der Waals surface area contributed by atoms with E-state index in [0.717, 1.165) is 0 Å². The Morgan fingerprint density at radius 1 is 1.09 bits per heavy atom. The molecule has 0 aliphatic heterocycles. The molecule has 3 rings (SSSR count). The van der Waals surface area contributed by atoms with Crippen LogP contribution in [0.2, 0.25) is 0 Å². The first-order chi connectivity index (χ1) is 15.7. The number of ketones is 1. The Hall–Kier alpha value is -3.75. The third kappa shape index (κ3) is 4.57. The van der Waals surface area contributed by atoms with Gasteiger partial charge in [0.25, 0.3) is 5.56 Å². The number of aromatic amines is 1. The van der Waals surface area contributed by atoms with Gasteiger partial charge in [0.1, 0.15) is 0 Å². The predicted molar refractivity (Wildman–Crippen MR) is 122 cm³/mol. The minimum absolute atomic E-state index is 0.0371. The Labute approximate surface area is 190 Å². The number of Topliss-reactive ketones (excluding diaryl/α,β-unsaturated/α-hetero) is 1. The molecule has 0 saturated carbocycles. The summed E-state index contributed by atoms with van der Waals surface area (Å²) in [5.74, 6) is -1.84. The molecule has 1 N–H and O–H groups in total. The average molecular weight is 453 g/mol. The molecule has 174 valence electrons. The van der Waals surface area contributed by atoms with Crippen LogP contribution in [0.3, 0.4) is 0 Å². The quantitative estimate of drug-likeness (QED) is 0.410. The largest absolute Gasteiger partial charge is 0.462 e. The number of aromatic nitrogens is 3. The minimum Gasteiger partial charge on any atom is -0.462 e.